The zero-order valence-corrected chi connectivity index (χ0v) is 11.8. The Morgan fingerprint density at radius 2 is 2.11 bits per heavy atom. The Kier molecular flexibility index (Phi) is 6.19. The number of nitrogens with two attached hydrogens (primary N) is 2. The first-order chi connectivity index (χ1) is 9.10. The van der Waals surface area contributed by atoms with Crippen LogP contribution in [-0.4, -0.2) is 12.5 Å². The molecule has 1 rings (SSSR count). The molecule has 0 aliphatic carbocycles. The van der Waals surface area contributed by atoms with Gasteiger partial charge in [-0.05, 0) is 24.5 Å². The van der Waals surface area contributed by atoms with Crippen LogP contribution in [0, 0.1) is 5.92 Å². The van der Waals surface area contributed by atoms with E-state index in [0.717, 1.165) is 12.8 Å². The van der Waals surface area contributed by atoms with E-state index in [1.54, 1.807) is 18.2 Å². The average Bonchev–Trinajstić information content (AvgIpc) is 2.40. The predicted molar refractivity (Wildman–Crippen MR) is 78.2 cm³/mol. The fraction of sp³-hybridized carbons (Fsp3) is 0.533. The second-order valence-corrected chi connectivity index (χ2v) is 4.82. The molecule has 106 valence electrons. The molecule has 0 spiro atoms. The van der Waals surface area contributed by atoms with Crippen LogP contribution in [0.4, 0.5) is 5.69 Å². The SMILES string of the molecule is CCCCC(CC)COc1c(N)cccc1C(N)=O. The second-order valence-electron chi connectivity index (χ2n) is 4.82. The molecule has 4 nitrogen and oxygen atoms in total. The van der Waals surface area contributed by atoms with Gasteiger partial charge in [-0.3, -0.25) is 4.79 Å². The largest absolute Gasteiger partial charge is 0.490 e. The maximum atomic E-state index is 11.3. The van der Waals surface area contributed by atoms with Crippen LogP contribution in [0.5, 0.6) is 5.75 Å². The van der Waals surface area contributed by atoms with Crippen molar-refractivity contribution in [2.75, 3.05) is 12.3 Å². The van der Waals surface area contributed by atoms with E-state index in [2.05, 4.69) is 13.8 Å². The molecule has 0 bridgehead atoms. The monoisotopic (exact) mass is 264 g/mol. The van der Waals surface area contributed by atoms with E-state index in [9.17, 15) is 4.79 Å². The molecule has 0 fully saturated rings. The molecular weight excluding hydrogens is 240 g/mol. The number of benzene rings is 1. The molecule has 1 unspecified atom stereocenters. The first-order valence-electron chi connectivity index (χ1n) is 6.91. The number of nitrogen functional groups attached to an aromatic ring is 1. The number of hydrogen-bond acceptors (Lipinski definition) is 3. The summed E-state index contributed by atoms with van der Waals surface area (Å²) in [6, 6.07) is 5.06. The Labute approximate surface area is 115 Å². The summed E-state index contributed by atoms with van der Waals surface area (Å²) < 4.78 is 5.75. The lowest BCUT2D eigenvalue weighted by atomic mass is 10.0. The van der Waals surface area contributed by atoms with E-state index in [1.807, 2.05) is 0 Å². The summed E-state index contributed by atoms with van der Waals surface area (Å²) in [5, 5.41) is 0. The van der Waals surface area contributed by atoms with Gasteiger partial charge in [0, 0.05) is 0 Å². The van der Waals surface area contributed by atoms with E-state index in [0.29, 0.717) is 29.5 Å². The van der Waals surface area contributed by atoms with Crippen molar-refractivity contribution < 1.29 is 9.53 Å². The van der Waals surface area contributed by atoms with Crippen molar-refractivity contribution in [2.45, 2.75) is 39.5 Å². The molecule has 0 saturated carbocycles. The van der Waals surface area contributed by atoms with E-state index in [4.69, 9.17) is 16.2 Å². The lowest BCUT2D eigenvalue weighted by Crippen LogP contribution is -2.17. The molecule has 4 N–H and O–H groups in total. The number of amides is 1. The van der Waals surface area contributed by atoms with E-state index in [1.165, 1.54) is 12.8 Å². The molecule has 0 saturated heterocycles. The lowest BCUT2D eigenvalue weighted by Gasteiger charge is -2.18. The highest BCUT2D eigenvalue weighted by Crippen LogP contribution is 2.27. The van der Waals surface area contributed by atoms with Crippen molar-refractivity contribution in [2.24, 2.45) is 11.7 Å². The minimum Gasteiger partial charge on any atom is -0.490 e. The van der Waals surface area contributed by atoms with Crippen molar-refractivity contribution in [1.82, 2.24) is 0 Å². The van der Waals surface area contributed by atoms with Crippen molar-refractivity contribution in [3.05, 3.63) is 23.8 Å². The molecule has 1 aromatic rings. The maximum Gasteiger partial charge on any atom is 0.252 e. The van der Waals surface area contributed by atoms with E-state index in [-0.39, 0.29) is 0 Å². The highest BCUT2D eigenvalue weighted by atomic mass is 16.5. The first-order valence-corrected chi connectivity index (χ1v) is 6.91. The van der Waals surface area contributed by atoms with Gasteiger partial charge in [-0.15, -0.1) is 0 Å². The molecule has 4 heteroatoms. The number of unbranched alkanes of at least 4 members (excludes halogenated alkanes) is 1. The van der Waals surface area contributed by atoms with Gasteiger partial charge in [-0.1, -0.05) is 39.2 Å². The summed E-state index contributed by atoms with van der Waals surface area (Å²) >= 11 is 0. The van der Waals surface area contributed by atoms with Crippen LogP contribution in [0.1, 0.15) is 49.9 Å². The Morgan fingerprint density at radius 3 is 2.68 bits per heavy atom. The molecule has 1 aromatic carbocycles. The molecule has 0 heterocycles. The third kappa shape index (κ3) is 4.47. The first kappa shape index (κ1) is 15.3. The van der Waals surface area contributed by atoms with Gasteiger partial charge in [0.15, 0.2) is 5.75 Å². The Hall–Kier alpha value is -1.71. The molecular formula is C15H24N2O2. The van der Waals surface area contributed by atoms with Crippen LogP contribution >= 0.6 is 0 Å². The molecule has 19 heavy (non-hydrogen) atoms. The smallest absolute Gasteiger partial charge is 0.252 e. The van der Waals surface area contributed by atoms with E-state index >= 15 is 0 Å². The average molecular weight is 264 g/mol. The Morgan fingerprint density at radius 1 is 1.37 bits per heavy atom. The lowest BCUT2D eigenvalue weighted by molar-refractivity contribution is 0.0995. The van der Waals surface area contributed by atoms with Gasteiger partial charge in [0.25, 0.3) is 5.91 Å². The van der Waals surface area contributed by atoms with Gasteiger partial charge in [-0.2, -0.15) is 0 Å². The van der Waals surface area contributed by atoms with Crippen LogP contribution in [0.2, 0.25) is 0 Å². The van der Waals surface area contributed by atoms with Crippen molar-refractivity contribution in [3.63, 3.8) is 0 Å². The van der Waals surface area contributed by atoms with Gasteiger partial charge >= 0.3 is 0 Å². The molecule has 0 radical (unpaired) electrons. The predicted octanol–water partition coefficient (Wildman–Crippen LogP) is 2.96. The zero-order valence-electron chi connectivity index (χ0n) is 11.8. The Bertz CT molecular complexity index is 419. The van der Waals surface area contributed by atoms with Crippen LogP contribution in [0.15, 0.2) is 18.2 Å². The summed E-state index contributed by atoms with van der Waals surface area (Å²) in [5.41, 5.74) is 12.0. The third-order valence-electron chi connectivity index (χ3n) is 3.32. The number of rotatable bonds is 8. The molecule has 0 aliphatic heterocycles. The standard InChI is InChI=1S/C15H24N2O2/c1-3-5-7-11(4-2)10-19-14-12(15(17)18)8-6-9-13(14)16/h6,8-9,11H,3-5,7,10,16H2,1-2H3,(H2,17,18). The molecule has 1 atom stereocenters. The summed E-state index contributed by atoms with van der Waals surface area (Å²) in [4.78, 5) is 11.3. The van der Waals surface area contributed by atoms with Gasteiger partial charge in [0.2, 0.25) is 0 Å². The number of hydrogen-bond donors (Lipinski definition) is 2. The number of carbonyl (C=O) groups excluding carboxylic acids is 1. The number of para-hydroxylation sites is 1. The van der Waals surface area contributed by atoms with Gasteiger partial charge in [0.1, 0.15) is 0 Å². The minimum atomic E-state index is -0.510. The highest BCUT2D eigenvalue weighted by Gasteiger charge is 2.14. The summed E-state index contributed by atoms with van der Waals surface area (Å²) in [5.74, 6) is 0.397. The van der Waals surface area contributed by atoms with Crippen molar-refractivity contribution in [1.29, 1.82) is 0 Å². The Balaban J connectivity index is 2.73. The quantitative estimate of drug-likeness (QED) is 0.708. The fourth-order valence-corrected chi connectivity index (χ4v) is 2.01. The highest BCUT2D eigenvalue weighted by molar-refractivity contribution is 5.97. The topological polar surface area (TPSA) is 78.3 Å². The normalized spacial score (nSPS) is 12.1. The second kappa shape index (κ2) is 7.67. The number of primary amides is 1. The maximum absolute atomic E-state index is 11.3. The molecule has 0 aromatic heterocycles. The third-order valence-corrected chi connectivity index (χ3v) is 3.32. The summed E-state index contributed by atoms with van der Waals surface area (Å²) in [6.45, 7) is 4.89. The summed E-state index contributed by atoms with van der Waals surface area (Å²) in [6.07, 6.45) is 4.55. The molecule has 0 aliphatic rings. The van der Waals surface area contributed by atoms with Crippen LogP contribution in [-0.2, 0) is 0 Å². The fourth-order valence-electron chi connectivity index (χ4n) is 2.01. The van der Waals surface area contributed by atoms with Gasteiger partial charge < -0.3 is 16.2 Å². The number of anilines is 1. The molecule has 1 amide bonds. The van der Waals surface area contributed by atoms with Crippen LogP contribution < -0.4 is 16.2 Å². The van der Waals surface area contributed by atoms with Gasteiger partial charge in [0.05, 0.1) is 17.9 Å². The van der Waals surface area contributed by atoms with Gasteiger partial charge in [-0.25, -0.2) is 0 Å². The zero-order chi connectivity index (χ0) is 14.3. The van der Waals surface area contributed by atoms with Crippen LogP contribution in [0.25, 0.3) is 0 Å². The number of ether oxygens (including phenoxy) is 1. The van der Waals surface area contributed by atoms with E-state index < -0.39 is 5.91 Å². The minimum absolute atomic E-state index is 0.352. The van der Waals surface area contributed by atoms with Crippen molar-refractivity contribution in [3.8, 4) is 5.75 Å². The number of carbonyl (C=O) groups is 1. The summed E-state index contributed by atoms with van der Waals surface area (Å²) in [7, 11) is 0. The van der Waals surface area contributed by atoms with Crippen molar-refractivity contribution >= 4 is 11.6 Å². The van der Waals surface area contributed by atoms with Crippen LogP contribution in [0.3, 0.4) is 0 Å².